The molecule has 0 aromatic heterocycles. The Morgan fingerprint density at radius 2 is 2.32 bits per heavy atom. The fraction of sp³-hybridized carbons (Fsp3) is 0.385. The lowest BCUT2D eigenvalue weighted by molar-refractivity contribution is -0.137. The average Bonchev–Trinajstić information content (AvgIpc) is 2.70. The standard InChI is InChI=1S/C13H14ClNO4/c1-7(4-12(16)17)15-13(18)11-6-8-5-9(14)2-3-10(8)19-11/h2-3,5,7,11H,4,6H2,1H3,(H,15,18)(H,16,17). The molecule has 1 aromatic carbocycles. The summed E-state index contributed by atoms with van der Waals surface area (Å²) in [5.41, 5.74) is 0.888. The molecule has 102 valence electrons. The number of amides is 1. The first-order chi connectivity index (χ1) is 8.95. The number of hydrogen-bond acceptors (Lipinski definition) is 3. The molecule has 2 unspecified atom stereocenters. The van der Waals surface area contributed by atoms with Crippen LogP contribution >= 0.6 is 11.6 Å². The van der Waals surface area contributed by atoms with E-state index in [9.17, 15) is 9.59 Å². The molecule has 0 fully saturated rings. The van der Waals surface area contributed by atoms with E-state index in [1.54, 1.807) is 25.1 Å². The van der Waals surface area contributed by atoms with E-state index >= 15 is 0 Å². The van der Waals surface area contributed by atoms with Gasteiger partial charge in [-0.05, 0) is 30.7 Å². The zero-order valence-corrected chi connectivity index (χ0v) is 11.1. The lowest BCUT2D eigenvalue weighted by atomic mass is 10.1. The van der Waals surface area contributed by atoms with Gasteiger partial charge >= 0.3 is 5.97 Å². The number of ether oxygens (including phenoxy) is 1. The molecule has 1 aliphatic heterocycles. The zero-order chi connectivity index (χ0) is 14.0. The van der Waals surface area contributed by atoms with Gasteiger partial charge < -0.3 is 15.2 Å². The van der Waals surface area contributed by atoms with Gasteiger partial charge in [0.1, 0.15) is 5.75 Å². The summed E-state index contributed by atoms with van der Waals surface area (Å²) in [7, 11) is 0. The largest absolute Gasteiger partial charge is 0.481 e. The van der Waals surface area contributed by atoms with Gasteiger partial charge in [-0.3, -0.25) is 9.59 Å². The van der Waals surface area contributed by atoms with E-state index in [1.807, 2.05) is 0 Å². The number of carbonyl (C=O) groups is 2. The van der Waals surface area contributed by atoms with Gasteiger partial charge in [0.05, 0.1) is 6.42 Å². The van der Waals surface area contributed by atoms with Crippen molar-refractivity contribution in [2.45, 2.75) is 31.9 Å². The number of rotatable bonds is 4. The fourth-order valence-corrected chi connectivity index (χ4v) is 2.21. The summed E-state index contributed by atoms with van der Waals surface area (Å²) < 4.78 is 5.51. The van der Waals surface area contributed by atoms with Gasteiger partial charge in [0.15, 0.2) is 6.10 Å². The van der Waals surface area contributed by atoms with Gasteiger partial charge in [0, 0.05) is 17.5 Å². The molecule has 2 N–H and O–H groups in total. The summed E-state index contributed by atoms with van der Waals surface area (Å²) >= 11 is 5.87. The third-order valence-corrected chi connectivity index (χ3v) is 3.09. The van der Waals surface area contributed by atoms with Crippen LogP contribution in [0.2, 0.25) is 5.02 Å². The normalized spacial score (nSPS) is 18.3. The van der Waals surface area contributed by atoms with Crippen LogP contribution in [-0.4, -0.2) is 29.1 Å². The summed E-state index contributed by atoms with van der Waals surface area (Å²) in [4.78, 5) is 22.5. The van der Waals surface area contributed by atoms with Crippen molar-refractivity contribution in [1.29, 1.82) is 0 Å². The Kier molecular flexibility index (Phi) is 3.95. The molecule has 1 amide bonds. The summed E-state index contributed by atoms with van der Waals surface area (Å²) in [5.74, 6) is -0.605. The minimum absolute atomic E-state index is 0.114. The van der Waals surface area contributed by atoms with Crippen LogP contribution in [0.3, 0.4) is 0 Å². The summed E-state index contributed by atoms with van der Waals surface area (Å²) in [5, 5.41) is 11.9. The predicted molar refractivity (Wildman–Crippen MR) is 69.4 cm³/mol. The Labute approximate surface area is 115 Å². The van der Waals surface area contributed by atoms with E-state index in [2.05, 4.69) is 5.32 Å². The summed E-state index contributed by atoms with van der Waals surface area (Å²) in [6, 6.07) is 4.77. The van der Waals surface area contributed by atoms with Crippen molar-refractivity contribution in [3.63, 3.8) is 0 Å². The number of carboxylic acid groups (broad SMARTS) is 1. The molecular weight excluding hydrogens is 270 g/mol. The summed E-state index contributed by atoms with van der Waals surface area (Å²) in [6.07, 6.45) is -0.289. The van der Waals surface area contributed by atoms with Gasteiger partial charge in [0.25, 0.3) is 5.91 Å². The van der Waals surface area contributed by atoms with E-state index in [1.165, 1.54) is 0 Å². The van der Waals surface area contributed by atoms with Crippen molar-refractivity contribution in [3.05, 3.63) is 28.8 Å². The van der Waals surface area contributed by atoms with Crippen molar-refractivity contribution in [2.24, 2.45) is 0 Å². The number of fused-ring (bicyclic) bond motifs is 1. The zero-order valence-electron chi connectivity index (χ0n) is 10.4. The van der Waals surface area contributed by atoms with Crippen LogP contribution in [0.25, 0.3) is 0 Å². The topological polar surface area (TPSA) is 75.6 Å². The monoisotopic (exact) mass is 283 g/mol. The first kappa shape index (κ1) is 13.7. The third-order valence-electron chi connectivity index (χ3n) is 2.86. The molecule has 1 aromatic rings. The van der Waals surface area contributed by atoms with Crippen LogP contribution in [0.15, 0.2) is 18.2 Å². The average molecular weight is 284 g/mol. The Hall–Kier alpha value is -1.75. The van der Waals surface area contributed by atoms with Gasteiger partial charge in [-0.25, -0.2) is 0 Å². The second-order valence-corrected chi connectivity index (χ2v) is 5.01. The number of benzene rings is 1. The molecule has 0 radical (unpaired) electrons. The molecule has 0 saturated carbocycles. The predicted octanol–water partition coefficient (Wildman–Crippen LogP) is 1.62. The number of carbonyl (C=O) groups excluding carboxylic acids is 1. The summed E-state index contributed by atoms with van der Waals surface area (Å²) in [6.45, 7) is 1.64. The van der Waals surface area contributed by atoms with E-state index in [-0.39, 0.29) is 12.3 Å². The number of halogens is 1. The Morgan fingerprint density at radius 3 is 3.00 bits per heavy atom. The highest BCUT2D eigenvalue weighted by Crippen LogP contribution is 2.31. The first-order valence-electron chi connectivity index (χ1n) is 5.93. The number of hydrogen-bond donors (Lipinski definition) is 2. The van der Waals surface area contributed by atoms with Crippen LogP contribution in [0.4, 0.5) is 0 Å². The van der Waals surface area contributed by atoms with Crippen molar-refractivity contribution in [1.82, 2.24) is 5.32 Å². The Balaban J connectivity index is 1.95. The van der Waals surface area contributed by atoms with Crippen LogP contribution < -0.4 is 10.1 Å². The number of nitrogens with one attached hydrogen (secondary N) is 1. The second kappa shape index (κ2) is 5.48. The van der Waals surface area contributed by atoms with Crippen molar-refractivity contribution in [2.75, 3.05) is 0 Å². The van der Waals surface area contributed by atoms with Gasteiger partial charge in [0.2, 0.25) is 0 Å². The lowest BCUT2D eigenvalue weighted by Crippen LogP contribution is -2.42. The lowest BCUT2D eigenvalue weighted by Gasteiger charge is -2.15. The highest BCUT2D eigenvalue weighted by atomic mass is 35.5. The Morgan fingerprint density at radius 1 is 1.58 bits per heavy atom. The fourth-order valence-electron chi connectivity index (χ4n) is 2.01. The van der Waals surface area contributed by atoms with E-state index in [0.29, 0.717) is 17.2 Å². The molecule has 0 bridgehead atoms. The molecular formula is C13H14ClNO4. The van der Waals surface area contributed by atoms with Gasteiger partial charge in [-0.1, -0.05) is 11.6 Å². The Bertz CT molecular complexity index is 517. The maximum absolute atomic E-state index is 11.9. The highest BCUT2D eigenvalue weighted by Gasteiger charge is 2.30. The first-order valence-corrected chi connectivity index (χ1v) is 6.30. The van der Waals surface area contributed by atoms with Crippen LogP contribution in [0.1, 0.15) is 18.9 Å². The molecule has 2 atom stereocenters. The SMILES string of the molecule is CC(CC(=O)O)NC(=O)C1Cc2cc(Cl)ccc2O1. The van der Waals surface area contributed by atoms with Crippen molar-refractivity contribution >= 4 is 23.5 Å². The minimum atomic E-state index is -0.949. The molecule has 0 aliphatic carbocycles. The maximum atomic E-state index is 11.9. The molecule has 0 saturated heterocycles. The smallest absolute Gasteiger partial charge is 0.305 e. The molecule has 6 heteroatoms. The number of aliphatic carboxylic acids is 1. The minimum Gasteiger partial charge on any atom is -0.481 e. The maximum Gasteiger partial charge on any atom is 0.305 e. The van der Waals surface area contributed by atoms with Crippen LogP contribution in [0.5, 0.6) is 5.75 Å². The van der Waals surface area contributed by atoms with Crippen molar-refractivity contribution in [3.8, 4) is 5.75 Å². The number of carboxylic acids is 1. The molecule has 19 heavy (non-hydrogen) atoms. The third kappa shape index (κ3) is 3.38. The van der Waals surface area contributed by atoms with E-state index in [0.717, 1.165) is 5.56 Å². The van der Waals surface area contributed by atoms with Gasteiger partial charge in [-0.15, -0.1) is 0 Å². The van der Waals surface area contributed by atoms with E-state index < -0.39 is 18.1 Å². The van der Waals surface area contributed by atoms with Crippen LogP contribution in [-0.2, 0) is 16.0 Å². The quantitative estimate of drug-likeness (QED) is 0.880. The molecule has 0 spiro atoms. The molecule has 1 aliphatic rings. The van der Waals surface area contributed by atoms with E-state index in [4.69, 9.17) is 21.4 Å². The molecule has 2 rings (SSSR count). The van der Waals surface area contributed by atoms with Crippen LogP contribution in [0, 0.1) is 0 Å². The van der Waals surface area contributed by atoms with Crippen molar-refractivity contribution < 1.29 is 19.4 Å². The second-order valence-electron chi connectivity index (χ2n) is 4.57. The highest BCUT2D eigenvalue weighted by molar-refractivity contribution is 6.30. The molecule has 1 heterocycles. The molecule has 5 nitrogen and oxygen atoms in total. The van der Waals surface area contributed by atoms with Gasteiger partial charge in [-0.2, -0.15) is 0 Å².